The zero-order valence-corrected chi connectivity index (χ0v) is 24.6. The van der Waals surface area contributed by atoms with Gasteiger partial charge in [-0.2, -0.15) is 0 Å². The van der Waals surface area contributed by atoms with E-state index in [9.17, 15) is 14.4 Å². The highest BCUT2D eigenvalue weighted by atomic mass is 35.5. The maximum atomic E-state index is 13.4. The molecule has 0 saturated carbocycles. The molecule has 1 N–H and O–H groups in total. The minimum atomic E-state index is -0.843. The monoisotopic (exact) mass is 596 g/mol. The van der Waals surface area contributed by atoms with Crippen LogP contribution in [0.2, 0.25) is 5.02 Å². The summed E-state index contributed by atoms with van der Waals surface area (Å²) in [5.41, 5.74) is 4.82. The standard InChI is InChI=1S/C34H29ClN2O6/c1-21-8-9-24(16-22(21)2)19-43-30-15-10-23(18-31(30)41-3)17-28-32(38)36-34(40)37(33(28)39)26-11-13-27(14-12-26)42-20-25-6-4-5-7-29(25)35/h4-18H,19-20H2,1-3H3,(H,36,38,40)/b28-17+. The van der Waals surface area contributed by atoms with E-state index in [0.717, 1.165) is 16.0 Å². The molecule has 8 nitrogen and oxygen atoms in total. The Morgan fingerprint density at radius 3 is 2.30 bits per heavy atom. The molecule has 0 radical (unpaired) electrons. The lowest BCUT2D eigenvalue weighted by molar-refractivity contribution is -0.122. The van der Waals surface area contributed by atoms with Crippen molar-refractivity contribution in [1.29, 1.82) is 0 Å². The minimum Gasteiger partial charge on any atom is -0.493 e. The van der Waals surface area contributed by atoms with Crippen molar-refractivity contribution < 1.29 is 28.6 Å². The fourth-order valence-electron chi connectivity index (χ4n) is 4.47. The van der Waals surface area contributed by atoms with Crippen molar-refractivity contribution in [3.05, 3.63) is 123 Å². The Labute approximate surface area is 254 Å². The second kappa shape index (κ2) is 12.8. The first-order valence-electron chi connectivity index (χ1n) is 13.5. The summed E-state index contributed by atoms with van der Waals surface area (Å²) < 4.78 is 17.3. The van der Waals surface area contributed by atoms with Gasteiger partial charge in [0.1, 0.15) is 24.5 Å². The molecule has 1 aliphatic heterocycles. The molecule has 4 aromatic rings. The number of amides is 4. The van der Waals surface area contributed by atoms with Gasteiger partial charge in [-0.1, -0.05) is 54.1 Å². The van der Waals surface area contributed by atoms with Crippen LogP contribution in [0.25, 0.3) is 6.08 Å². The number of halogens is 1. The molecule has 1 aliphatic rings. The van der Waals surface area contributed by atoms with Gasteiger partial charge in [-0.25, -0.2) is 9.69 Å². The number of hydrogen-bond donors (Lipinski definition) is 1. The number of barbiturate groups is 1. The Morgan fingerprint density at radius 2 is 1.58 bits per heavy atom. The molecule has 4 amide bonds. The first-order valence-corrected chi connectivity index (χ1v) is 13.9. The van der Waals surface area contributed by atoms with Crippen LogP contribution in [-0.2, 0) is 22.8 Å². The van der Waals surface area contributed by atoms with Crippen LogP contribution in [0, 0.1) is 13.8 Å². The Kier molecular flexibility index (Phi) is 8.78. The highest BCUT2D eigenvalue weighted by molar-refractivity contribution is 6.39. The summed E-state index contributed by atoms with van der Waals surface area (Å²) in [7, 11) is 1.51. The zero-order valence-electron chi connectivity index (χ0n) is 23.8. The van der Waals surface area contributed by atoms with Crippen LogP contribution in [0.3, 0.4) is 0 Å². The number of nitrogens with zero attached hydrogens (tertiary/aromatic N) is 1. The van der Waals surface area contributed by atoms with Gasteiger partial charge in [-0.3, -0.25) is 14.9 Å². The zero-order chi connectivity index (χ0) is 30.5. The molecule has 0 bridgehead atoms. The van der Waals surface area contributed by atoms with Gasteiger partial charge in [-0.05, 0) is 84.6 Å². The van der Waals surface area contributed by atoms with E-state index < -0.39 is 17.8 Å². The van der Waals surface area contributed by atoms with E-state index in [1.54, 1.807) is 48.5 Å². The summed E-state index contributed by atoms with van der Waals surface area (Å²) in [5.74, 6) is -0.0853. The molecule has 0 atom stereocenters. The number of imide groups is 2. The van der Waals surface area contributed by atoms with Crippen molar-refractivity contribution in [1.82, 2.24) is 5.32 Å². The Balaban J connectivity index is 1.31. The van der Waals surface area contributed by atoms with Crippen LogP contribution >= 0.6 is 11.6 Å². The summed E-state index contributed by atoms with van der Waals surface area (Å²) in [6.45, 7) is 4.70. The number of aryl methyl sites for hydroxylation is 2. The van der Waals surface area contributed by atoms with Crippen molar-refractivity contribution in [2.24, 2.45) is 0 Å². The van der Waals surface area contributed by atoms with Crippen LogP contribution in [0.5, 0.6) is 17.2 Å². The number of anilines is 1. The van der Waals surface area contributed by atoms with Crippen molar-refractivity contribution in [3.8, 4) is 17.2 Å². The highest BCUT2D eigenvalue weighted by Gasteiger charge is 2.36. The van der Waals surface area contributed by atoms with Gasteiger partial charge in [0.05, 0.1) is 12.8 Å². The normalized spacial score (nSPS) is 14.1. The first kappa shape index (κ1) is 29.4. The lowest BCUT2D eigenvalue weighted by Crippen LogP contribution is -2.54. The molecule has 0 aliphatic carbocycles. The Morgan fingerprint density at radius 1 is 0.814 bits per heavy atom. The van der Waals surface area contributed by atoms with Gasteiger partial charge >= 0.3 is 6.03 Å². The maximum Gasteiger partial charge on any atom is 0.335 e. The summed E-state index contributed by atoms with van der Waals surface area (Å²) in [6.07, 6.45) is 1.41. The minimum absolute atomic E-state index is 0.204. The fraction of sp³-hybridized carbons (Fsp3) is 0.147. The van der Waals surface area contributed by atoms with Crippen molar-refractivity contribution >= 4 is 41.2 Å². The highest BCUT2D eigenvalue weighted by Crippen LogP contribution is 2.31. The number of urea groups is 1. The molecule has 0 unspecified atom stereocenters. The van der Waals surface area contributed by atoms with E-state index in [4.69, 9.17) is 25.8 Å². The van der Waals surface area contributed by atoms with Crippen molar-refractivity contribution in [2.75, 3.05) is 12.0 Å². The summed E-state index contributed by atoms with van der Waals surface area (Å²) in [4.78, 5) is 39.7. The number of benzene rings is 4. The van der Waals surface area contributed by atoms with E-state index in [-0.39, 0.29) is 17.9 Å². The topological polar surface area (TPSA) is 94.2 Å². The van der Waals surface area contributed by atoms with Crippen LogP contribution in [0.1, 0.15) is 27.8 Å². The first-order chi connectivity index (χ1) is 20.7. The van der Waals surface area contributed by atoms with E-state index in [1.165, 1.54) is 24.3 Å². The largest absolute Gasteiger partial charge is 0.493 e. The molecular weight excluding hydrogens is 568 g/mol. The van der Waals surface area contributed by atoms with E-state index in [0.29, 0.717) is 34.4 Å². The van der Waals surface area contributed by atoms with Gasteiger partial charge in [-0.15, -0.1) is 0 Å². The number of methoxy groups -OCH3 is 1. The number of rotatable bonds is 9. The van der Waals surface area contributed by atoms with Gasteiger partial charge < -0.3 is 14.2 Å². The SMILES string of the molecule is COc1cc(/C=C2\C(=O)NC(=O)N(c3ccc(OCc4ccccc4Cl)cc3)C2=O)ccc1OCc1ccc(C)c(C)c1. The van der Waals surface area contributed by atoms with E-state index in [1.807, 2.05) is 37.3 Å². The lowest BCUT2D eigenvalue weighted by Gasteiger charge is -2.26. The third-order valence-electron chi connectivity index (χ3n) is 7.01. The average Bonchev–Trinajstić information content (AvgIpc) is 3.00. The Hall–Kier alpha value is -5.08. The third kappa shape index (κ3) is 6.71. The fourth-order valence-corrected chi connectivity index (χ4v) is 4.66. The Bertz CT molecular complexity index is 1730. The number of hydrogen-bond acceptors (Lipinski definition) is 6. The van der Waals surface area contributed by atoms with E-state index >= 15 is 0 Å². The maximum absolute atomic E-state index is 13.4. The number of ether oxygens (including phenoxy) is 3. The number of carbonyl (C=O) groups excluding carboxylic acids is 3. The summed E-state index contributed by atoms with van der Waals surface area (Å²) in [6, 6.07) is 24.1. The second-order valence-electron chi connectivity index (χ2n) is 9.95. The van der Waals surface area contributed by atoms with Gasteiger partial charge in [0.25, 0.3) is 11.8 Å². The predicted molar refractivity (Wildman–Crippen MR) is 164 cm³/mol. The quantitative estimate of drug-likeness (QED) is 0.169. The molecule has 0 aromatic heterocycles. The molecule has 218 valence electrons. The van der Waals surface area contributed by atoms with E-state index in [2.05, 4.69) is 18.3 Å². The van der Waals surface area contributed by atoms with Crippen LogP contribution in [-0.4, -0.2) is 25.0 Å². The van der Waals surface area contributed by atoms with Gasteiger partial charge in [0.2, 0.25) is 0 Å². The molecule has 1 saturated heterocycles. The molecule has 5 rings (SSSR count). The average molecular weight is 597 g/mol. The molecule has 4 aromatic carbocycles. The second-order valence-corrected chi connectivity index (χ2v) is 10.4. The predicted octanol–water partition coefficient (Wildman–Crippen LogP) is 6.79. The van der Waals surface area contributed by atoms with Crippen molar-refractivity contribution in [3.63, 3.8) is 0 Å². The molecule has 9 heteroatoms. The molecule has 1 fully saturated rings. The number of carbonyl (C=O) groups is 3. The molecule has 43 heavy (non-hydrogen) atoms. The smallest absolute Gasteiger partial charge is 0.335 e. The third-order valence-corrected chi connectivity index (χ3v) is 7.38. The summed E-state index contributed by atoms with van der Waals surface area (Å²) in [5, 5.41) is 2.83. The van der Waals surface area contributed by atoms with Crippen LogP contribution < -0.4 is 24.4 Å². The van der Waals surface area contributed by atoms with Gasteiger partial charge in [0, 0.05) is 10.6 Å². The molecule has 0 spiro atoms. The molecule has 1 heterocycles. The molecular formula is C34H29ClN2O6. The van der Waals surface area contributed by atoms with Crippen LogP contribution in [0.4, 0.5) is 10.5 Å². The van der Waals surface area contributed by atoms with Crippen molar-refractivity contribution in [2.45, 2.75) is 27.1 Å². The van der Waals surface area contributed by atoms with Crippen LogP contribution in [0.15, 0.2) is 90.5 Å². The summed E-state index contributed by atoms with van der Waals surface area (Å²) >= 11 is 6.19. The van der Waals surface area contributed by atoms with Gasteiger partial charge in [0.15, 0.2) is 11.5 Å². The number of nitrogens with one attached hydrogen (secondary N) is 1. The lowest BCUT2D eigenvalue weighted by atomic mass is 10.1.